The summed E-state index contributed by atoms with van der Waals surface area (Å²) >= 11 is 6.23. The van der Waals surface area contributed by atoms with E-state index in [0.29, 0.717) is 22.8 Å². The first-order valence-corrected chi connectivity index (χ1v) is 7.52. The summed E-state index contributed by atoms with van der Waals surface area (Å²) in [6, 6.07) is 5.76. The lowest BCUT2D eigenvalue weighted by atomic mass is 10.0. The molecule has 19 heavy (non-hydrogen) atoms. The second-order valence-electron chi connectivity index (χ2n) is 5.64. The van der Waals surface area contributed by atoms with Gasteiger partial charge in [0.2, 0.25) is 0 Å². The van der Waals surface area contributed by atoms with Crippen LogP contribution in [-0.4, -0.2) is 25.2 Å². The van der Waals surface area contributed by atoms with E-state index < -0.39 is 0 Å². The van der Waals surface area contributed by atoms with Gasteiger partial charge in [-0.25, -0.2) is 4.39 Å². The minimum Gasteiger partial charge on any atom is -0.362 e. The normalized spacial score (nSPS) is 27.6. The van der Waals surface area contributed by atoms with Gasteiger partial charge >= 0.3 is 0 Å². The molecule has 4 heteroatoms. The molecule has 1 heterocycles. The van der Waals surface area contributed by atoms with E-state index in [9.17, 15) is 4.39 Å². The summed E-state index contributed by atoms with van der Waals surface area (Å²) in [5, 5.41) is 4.14. The fourth-order valence-electron chi connectivity index (χ4n) is 3.04. The van der Waals surface area contributed by atoms with Crippen LogP contribution in [-0.2, 0) is 0 Å². The first kappa shape index (κ1) is 13.2. The molecule has 0 spiro atoms. The minimum atomic E-state index is -0.206. The van der Waals surface area contributed by atoms with Gasteiger partial charge in [0.25, 0.3) is 0 Å². The van der Waals surface area contributed by atoms with Gasteiger partial charge in [-0.15, -0.1) is 0 Å². The molecule has 1 saturated heterocycles. The molecule has 0 bridgehead atoms. The number of rotatable bonds is 3. The number of para-hydroxylation sites is 1. The second-order valence-corrected chi connectivity index (χ2v) is 6.04. The fourth-order valence-corrected chi connectivity index (χ4v) is 3.31. The average Bonchev–Trinajstić information content (AvgIpc) is 3.23. The van der Waals surface area contributed by atoms with Gasteiger partial charge < -0.3 is 10.2 Å². The van der Waals surface area contributed by atoms with E-state index in [2.05, 4.69) is 17.1 Å². The van der Waals surface area contributed by atoms with Crippen LogP contribution in [0.5, 0.6) is 0 Å². The van der Waals surface area contributed by atoms with E-state index in [1.54, 1.807) is 12.1 Å². The molecule has 1 aromatic carbocycles. The van der Waals surface area contributed by atoms with Gasteiger partial charge in [-0.05, 0) is 37.3 Å². The van der Waals surface area contributed by atoms with Gasteiger partial charge in [-0.2, -0.15) is 0 Å². The van der Waals surface area contributed by atoms with Crippen molar-refractivity contribution in [3.05, 3.63) is 29.0 Å². The van der Waals surface area contributed by atoms with Gasteiger partial charge in [0, 0.05) is 25.2 Å². The van der Waals surface area contributed by atoms with E-state index in [-0.39, 0.29) is 5.82 Å². The Balaban J connectivity index is 1.89. The Bertz CT molecular complexity index is 441. The number of nitrogens with one attached hydrogen (secondary N) is 1. The zero-order chi connectivity index (χ0) is 13.4. The molecule has 104 valence electrons. The van der Waals surface area contributed by atoms with Crippen molar-refractivity contribution in [3.8, 4) is 0 Å². The molecule has 2 fully saturated rings. The summed E-state index contributed by atoms with van der Waals surface area (Å²) in [6.07, 6.45) is 3.59. The zero-order valence-electron chi connectivity index (χ0n) is 11.2. The van der Waals surface area contributed by atoms with E-state index in [1.807, 2.05) is 0 Å². The molecule has 3 rings (SSSR count). The molecule has 0 radical (unpaired) electrons. The Morgan fingerprint density at radius 2 is 2.21 bits per heavy atom. The van der Waals surface area contributed by atoms with E-state index in [4.69, 9.17) is 11.6 Å². The van der Waals surface area contributed by atoms with Crippen molar-refractivity contribution < 1.29 is 4.39 Å². The molecule has 1 aliphatic heterocycles. The van der Waals surface area contributed by atoms with E-state index >= 15 is 0 Å². The van der Waals surface area contributed by atoms with Crippen LogP contribution in [0, 0.1) is 11.7 Å². The molecular weight excluding hydrogens is 263 g/mol. The lowest BCUT2D eigenvalue weighted by Crippen LogP contribution is -2.57. The largest absolute Gasteiger partial charge is 0.362 e. The van der Waals surface area contributed by atoms with Gasteiger partial charge in [0.1, 0.15) is 5.82 Å². The molecule has 2 unspecified atom stereocenters. The summed E-state index contributed by atoms with van der Waals surface area (Å²) in [7, 11) is 0. The number of anilines is 1. The lowest BCUT2D eigenvalue weighted by Gasteiger charge is -2.42. The number of nitrogens with zero attached hydrogens (tertiary/aromatic N) is 1. The SMILES string of the molecule is CCC1CNC(C2CC2)CN1c1c(F)cccc1Cl. The van der Waals surface area contributed by atoms with Gasteiger partial charge in [0.15, 0.2) is 0 Å². The molecule has 1 aliphatic carbocycles. The van der Waals surface area contributed by atoms with Crippen molar-refractivity contribution in [2.75, 3.05) is 18.0 Å². The molecule has 2 aliphatic rings. The molecule has 0 amide bonds. The predicted octanol–water partition coefficient (Wildman–Crippen LogP) is 3.45. The number of hydrogen-bond acceptors (Lipinski definition) is 2. The number of halogens is 2. The number of hydrogen-bond donors (Lipinski definition) is 1. The standard InChI is InChI=1S/C15H20ClFN2/c1-2-11-8-18-14(10-6-7-10)9-19(11)15-12(16)4-3-5-13(15)17/h3-5,10-11,14,18H,2,6-9H2,1H3. The highest BCUT2D eigenvalue weighted by Crippen LogP contribution is 2.37. The van der Waals surface area contributed by atoms with Crippen LogP contribution in [0.3, 0.4) is 0 Å². The van der Waals surface area contributed by atoms with Crippen LogP contribution >= 0.6 is 11.6 Å². The Labute approximate surface area is 118 Å². The third-order valence-electron chi connectivity index (χ3n) is 4.34. The topological polar surface area (TPSA) is 15.3 Å². The molecule has 1 aromatic rings. The van der Waals surface area contributed by atoms with Crippen molar-refractivity contribution in [3.63, 3.8) is 0 Å². The molecule has 1 N–H and O–H groups in total. The summed E-state index contributed by atoms with van der Waals surface area (Å²) in [6.45, 7) is 3.93. The average molecular weight is 283 g/mol. The highest BCUT2D eigenvalue weighted by molar-refractivity contribution is 6.33. The maximum Gasteiger partial charge on any atom is 0.148 e. The van der Waals surface area contributed by atoms with Crippen LogP contribution in [0.4, 0.5) is 10.1 Å². The second kappa shape index (κ2) is 5.29. The maximum atomic E-state index is 14.1. The Hall–Kier alpha value is -0.800. The highest BCUT2D eigenvalue weighted by atomic mass is 35.5. The lowest BCUT2D eigenvalue weighted by molar-refractivity contribution is 0.357. The van der Waals surface area contributed by atoms with Crippen molar-refractivity contribution in [1.29, 1.82) is 0 Å². The zero-order valence-corrected chi connectivity index (χ0v) is 12.0. The number of benzene rings is 1. The maximum absolute atomic E-state index is 14.1. The number of piperazine rings is 1. The monoisotopic (exact) mass is 282 g/mol. The van der Waals surface area contributed by atoms with Crippen molar-refractivity contribution in [2.24, 2.45) is 5.92 Å². The molecular formula is C15H20ClFN2. The van der Waals surface area contributed by atoms with E-state index in [0.717, 1.165) is 25.4 Å². The van der Waals surface area contributed by atoms with E-state index in [1.165, 1.54) is 18.9 Å². The Morgan fingerprint density at radius 3 is 2.84 bits per heavy atom. The van der Waals surface area contributed by atoms with Crippen LogP contribution in [0.25, 0.3) is 0 Å². The molecule has 2 nitrogen and oxygen atoms in total. The van der Waals surface area contributed by atoms with Gasteiger partial charge in [-0.3, -0.25) is 0 Å². The van der Waals surface area contributed by atoms with Crippen LogP contribution in [0.15, 0.2) is 18.2 Å². The summed E-state index contributed by atoms with van der Waals surface area (Å²) in [5.74, 6) is 0.563. The van der Waals surface area contributed by atoms with Gasteiger partial charge in [-0.1, -0.05) is 24.6 Å². The van der Waals surface area contributed by atoms with Crippen LogP contribution in [0.1, 0.15) is 26.2 Å². The Morgan fingerprint density at radius 1 is 1.42 bits per heavy atom. The molecule has 0 aromatic heterocycles. The molecule has 2 atom stereocenters. The third-order valence-corrected chi connectivity index (χ3v) is 4.64. The van der Waals surface area contributed by atoms with Crippen molar-refractivity contribution >= 4 is 17.3 Å². The Kier molecular flexibility index (Phi) is 3.68. The van der Waals surface area contributed by atoms with Crippen LogP contribution < -0.4 is 10.2 Å². The predicted molar refractivity (Wildman–Crippen MR) is 77.3 cm³/mol. The molecule has 1 saturated carbocycles. The summed E-state index contributed by atoms with van der Waals surface area (Å²) < 4.78 is 14.1. The first-order chi connectivity index (χ1) is 9.20. The summed E-state index contributed by atoms with van der Waals surface area (Å²) in [4.78, 5) is 2.18. The quantitative estimate of drug-likeness (QED) is 0.913. The van der Waals surface area contributed by atoms with Gasteiger partial charge in [0.05, 0.1) is 10.7 Å². The first-order valence-electron chi connectivity index (χ1n) is 7.14. The minimum absolute atomic E-state index is 0.206. The van der Waals surface area contributed by atoms with Crippen molar-refractivity contribution in [1.82, 2.24) is 5.32 Å². The fraction of sp³-hybridized carbons (Fsp3) is 0.600. The summed E-state index contributed by atoms with van der Waals surface area (Å²) in [5.41, 5.74) is 0.586. The van der Waals surface area contributed by atoms with Crippen molar-refractivity contribution in [2.45, 2.75) is 38.3 Å². The van der Waals surface area contributed by atoms with Crippen LogP contribution in [0.2, 0.25) is 5.02 Å². The third kappa shape index (κ3) is 2.59. The smallest absolute Gasteiger partial charge is 0.148 e. The highest BCUT2D eigenvalue weighted by Gasteiger charge is 2.37.